The van der Waals surface area contributed by atoms with Crippen LogP contribution in [0.5, 0.6) is 5.75 Å². The molecule has 17 nitrogen and oxygen atoms in total. The molecule has 1 unspecified atom stereocenters. The molecule has 4 heterocycles. The second kappa shape index (κ2) is 22.6. The van der Waals surface area contributed by atoms with Crippen LogP contribution in [0.25, 0.3) is 67.1 Å². The van der Waals surface area contributed by atoms with Gasteiger partial charge in [0, 0.05) is 58.6 Å². The normalized spacial score (nSPS) is 17.7. The topological polar surface area (TPSA) is 227 Å². The van der Waals surface area contributed by atoms with E-state index in [1.165, 1.54) is 100 Å². The van der Waals surface area contributed by atoms with Crippen molar-refractivity contribution < 1.29 is 76.3 Å². The van der Waals surface area contributed by atoms with Crippen LogP contribution in [0.4, 0.5) is 46.8 Å². The van der Waals surface area contributed by atoms with Crippen LogP contribution in [-0.2, 0) is 10.0 Å². The van der Waals surface area contributed by atoms with E-state index in [2.05, 4.69) is 36.6 Å². The van der Waals surface area contributed by atoms with E-state index in [-0.39, 0.29) is 106 Å². The van der Waals surface area contributed by atoms with E-state index in [1.807, 2.05) is 19.1 Å². The first-order chi connectivity index (χ1) is 40.6. The highest BCUT2D eigenvalue weighted by Gasteiger charge is 2.57. The van der Waals surface area contributed by atoms with Gasteiger partial charge in [0.25, 0.3) is 23.6 Å². The molecule has 4 aliphatic carbocycles. The van der Waals surface area contributed by atoms with Crippen molar-refractivity contribution in [1.29, 1.82) is 0 Å². The lowest BCUT2D eigenvalue weighted by Crippen LogP contribution is -2.68. The molecule has 26 heteroatoms. The number of halogens is 8. The Kier molecular flexibility index (Phi) is 15.7. The third kappa shape index (κ3) is 12.3. The highest BCUT2D eigenvalue weighted by molar-refractivity contribution is 7.92. The molecule has 0 saturated heterocycles. The Hall–Kier alpha value is -9.33. The molecule has 4 aliphatic rings. The smallest absolute Gasteiger partial charge is 0.407 e. The zero-order valence-corrected chi connectivity index (χ0v) is 47.1. The van der Waals surface area contributed by atoms with Crippen molar-refractivity contribution in [3.05, 3.63) is 149 Å². The number of sulfonamides is 1. The SMILES string of the molecule is CNC(=O)c1c(-c2ccc(F)cc2)oc2nc(N(CC(F)(F)F)S(C)(=O)=O)c(-c3cccc(C(=O)NC4(C)C=CC4)c3)cc12.CNC(=O)c1c(-c2ccc(F)cc2)oc2nc(NCC(F)(F)F)c(-c3cc(C(=O)NC45CC(C4)C5)ccc3OC)cc12. The number of carbonyl (C=O) groups excluding carboxylic acids is 4. The van der Waals surface area contributed by atoms with Crippen LogP contribution in [0.1, 0.15) is 74.0 Å². The highest BCUT2D eigenvalue weighted by atomic mass is 32.2. The van der Waals surface area contributed by atoms with Crippen molar-refractivity contribution in [3.63, 3.8) is 0 Å². The number of rotatable bonds is 16. The van der Waals surface area contributed by atoms with E-state index in [9.17, 15) is 62.7 Å². The number of aromatic nitrogens is 2. The molecule has 4 amide bonds. The van der Waals surface area contributed by atoms with Crippen molar-refractivity contribution >= 4 is 67.5 Å². The van der Waals surface area contributed by atoms with Crippen molar-refractivity contribution in [3.8, 4) is 50.7 Å². The van der Waals surface area contributed by atoms with Crippen LogP contribution < -0.4 is 35.6 Å². The molecule has 12 rings (SSSR count). The summed E-state index contributed by atoms with van der Waals surface area (Å²) in [5, 5.41) is 13.5. The second-order valence-electron chi connectivity index (χ2n) is 21.3. The average molecular weight is 1210 g/mol. The summed E-state index contributed by atoms with van der Waals surface area (Å²) >= 11 is 0. The number of nitrogens with zero attached hydrogens (tertiary/aromatic N) is 3. The van der Waals surface area contributed by atoms with E-state index < -0.39 is 76.2 Å². The molecule has 3 fully saturated rings. The lowest BCUT2D eigenvalue weighted by molar-refractivity contribution is -0.117. The van der Waals surface area contributed by atoms with Crippen molar-refractivity contribution in [2.45, 2.75) is 56.0 Å². The van der Waals surface area contributed by atoms with E-state index in [0.29, 0.717) is 29.7 Å². The second-order valence-corrected chi connectivity index (χ2v) is 23.2. The standard InChI is InChI=1S/C30H26F4N4O5S.C30H26F4N4O4/c1-29(12-5-13-29)37-26(39)19-7-4-6-18(14-19)21-15-22-23(27(40)35-2)24(17-8-10-20(31)11-9-17)43-28(22)36-25(21)38(44(3,41)42)16-30(32,33)34;1-35-27(40)23-21-10-20(19-9-17(5-8-22(19)41-2)26(39)38-29-11-15(12-29)13-29)25(36-14-30(32,33)34)37-28(21)42-24(23)16-3-6-18(31)7-4-16/h4-12,14-15H,13,16H2,1-3H3,(H,35,40)(H,37,39);3-10,15H,11-14H2,1-2H3,(H,35,40)(H,36,37)(H,38,39). The molecule has 0 aliphatic heterocycles. The maximum Gasteiger partial charge on any atom is 0.407 e. The van der Waals surface area contributed by atoms with Gasteiger partial charge < -0.3 is 40.2 Å². The van der Waals surface area contributed by atoms with Crippen LogP contribution in [0, 0.1) is 17.6 Å². The largest absolute Gasteiger partial charge is 0.496 e. The minimum Gasteiger partial charge on any atom is -0.496 e. The maximum absolute atomic E-state index is 13.7. The van der Waals surface area contributed by atoms with E-state index in [1.54, 1.807) is 12.1 Å². The number of amides is 4. The summed E-state index contributed by atoms with van der Waals surface area (Å²) in [6.07, 6.45) is -1.79. The molecule has 3 saturated carbocycles. The monoisotopic (exact) mass is 1210 g/mol. The summed E-state index contributed by atoms with van der Waals surface area (Å²) in [5.41, 5.74) is 0.359. The maximum atomic E-state index is 13.7. The first kappa shape index (κ1) is 59.8. The van der Waals surface area contributed by atoms with Crippen LogP contribution in [0.15, 0.2) is 124 Å². The van der Waals surface area contributed by atoms with Crippen LogP contribution in [0.3, 0.4) is 0 Å². The quantitative estimate of drug-likeness (QED) is 0.0450. The van der Waals surface area contributed by atoms with E-state index in [0.717, 1.165) is 31.4 Å². The van der Waals surface area contributed by atoms with Gasteiger partial charge in [-0.3, -0.25) is 19.2 Å². The number of hydrogen-bond acceptors (Lipinski definition) is 12. The number of alkyl halides is 6. The first-order valence-corrected chi connectivity index (χ1v) is 28.3. The molecule has 4 aromatic carbocycles. The summed E-state index contributed by atoms with van der Waals surface area (Å²) in [7, 11) is -0.407. The molecule has 0 radical (unpaired) electrons. The van der Waals surface area contributed by atoms with Gasteiger partial charge in [-0.05, 0) is 135 Å². The molecule has 1 atom stereocenters. The molecule has 2 bridgehead atoms. The predicted octanol–water partition coefficient (Wildman–Crippen LogP) is 11.4. The van der Waals surface area contributed by atoms with Crippen molar-refractivity contribution in [2.75, 3.05) is 50.2 Å². The Morgan fingerprint density at radius 3 is 1.69 bits per heavy atom. The number of furan rings is 2. The van der Waals surface area contributed by atoms with Gasteiger partial charge in [0.05, 0.1) is 40.8 Å². The Labute approximate surface area is 485 Å². The fourth-order valence-electron chi connectivity index (χ4n) is 10.5. The lowest BCUT2D eigenvalue weighted by Gasteiger charge is -2.61. The predicted molar refractivity (Wildman–Crippen MR) is 303 cm³/mol. The van der Waals surface area contributed by atoms with E-state index in [4.69, 9.17) is 13.6 Å². The number of pyridine rings is 2. The van der Waals surface area contributed by atoms with Crippen LogP contribution >= 0.6 is 0 Å². The van der Waals surface area contributed by atoms with Gasteiger partial charge in [-0.1, -0.05) is 24.3 Å². The third-order valence-corrected chi connectivity index (χ3v) is 16.0. The number of carbonyl (C=O) groups is 4. The van der Waals surface area contributed by atoms with Crippen LogP contribution in [0.2, 0.25) is 0 Å². The summed E-state index contributed by atoms with van der Waals surface area (Å²) in [5.74, 6) is -2.91. The average Bonchev–Trinajstić information content (AvgIpc) is 1.52. The number of benzene rings is 4. The lowest BCUT2D eigenvalue weighted by atomic mass is 9.50. The summed E-state index contributed by atoms with van der Waals surface area (Å²) < 4.78 is 151. The van der Waals surface area contributed by atoms with Gasteiger partial charge in [0.1, 0.15) is 47.8 Å². The minimum absolute atomic E-state index is 0.0462. The fraction of sp³-hybridized carbons (Fsp3) is 0.267. The van der Waals surface area contributed by atoms with Gasteiger partial charge >= 0.3 is 12.4 Å². The molecule has 86 heavy (non-hydrogen) atoms. The van der Waals surface area contributed by atoms with Gasteiger partial charge in [-0.2, -0.15) is 36.3 Å². The number of methoxy groups -OCH3 is 1. The van der Waals surface area contributed by atoms with Crippen molar-refractivity contribution in [2.24, 2.45) is 5.92 Å². The van der Waals surface area contributed by atoms with Gasteiger partial charge in [0.15, 0.2) is 5.82 Å². The fourth-order valence-corrected chi connectivity index (χ4v) is 11.3. The van der Waals surface area contributed by atoms with E-state index >= 15 is 0 Å². The van der Waals surface area contributed by atoms with Gasteiger partial charge in [-0.15, -0.1) is 0 Å². The zero-order valence-electron chi connectivity index (χ0n) is 46.2. The van der Waals surface area contributed by atoms with Crippen molar-refractivity contribution in [1.82, 2.24) is 31.2 Å². The Morgan fingerprint density at radius 1 is 0.674 bits per heavy atom. The Morgan fingerprint density at radius 2 is 1.21 bits per heavy atom. The van der Waals surface area contributed by atoms with Crippen LogP contribution in [-0.4, -0.2) is 106 Å². The third-order valence-electron chi connectivity index (χ3n) is 14.9. The Bertz CT molecular complexity index is 4150. The highest BCUT2D eigenvalue weighted by Crippen LogP contribution is 2.57. The number of anilines is 2. The number of nitrogens with one attached hydrogen (secondary N) is 5. The molecule has 8 aromatic rings. The molecule has 4 aromatic heterocycles. The number of ether oxygens (including phenoxy) is 1. The minimum atomic E-state index is -4.96. The summed E-state index contributed by atoms with van der Waals surface area (Å²) in [6.45, 7) is -1.49. The Balaban J connectivity index is 0.000000191. The molecule has 0 spiro atoms. The first-order valence-electron chi connectivity index (χ1n) is 26.5. The summed E-state index contributed by atoms with van der Waals surface area (Å²) in [4.78, 5) is 60.9. The van der Waals surface area contributed by atoms with Gasteiger partial charge in [0.2, 0.25) is 21.5 Å². The molecular weight excluding hydrogens is 1160 g/mol. The number of hydrogen-bond donors (Lipinski definition) is 5. The summed E-state index contributed by atoms with van der Waals surface area (Å²) in [6, 6.07) is 23.5. The molecular formula is C60H52F8N8O9S. The number of fused-ring (bicyclic) bond motifs is 2. The zero-order chi connectivity index (χ0) is 61.8. The van der Waals surface area contributed by atoms with Gasteiger partial charge in [-0.25, -0.2) is 21.5 Å². The molecule has 5 N–H and O–H groups in total. The molecule has 448 valence electrons.